The number of amides is 1. The van der Waals surface area contributed by atoms with E-state index in [1.54, 1.807) is 29.4 Å². The van der Waals surface area contributed by atoms with Crippen LogP contribution in [0.4, 0.5) is 11.6 Å². The van der Waals surface area contributed by atoms with E-state index in [-0.39, 0.29) is 18.6 Å². The summed E-state index contributed by atoms with van der Waals surface area (Å²) in [5, 5.41) is 7.66. The molecule has 188 valence electrons. The molecule has 2 aromatic heterocycles. The standard InChI is InChI=1S/C25H28N6O5/c1-16-12-26-25(29-23(16)20-6-4-5-7-21(20)24(34)35-3)28-18-13-27-31(14-18)19-8-10-30(11-9-19)22(33)15-36-17(2)32/h4-7,12-14,19H,8-11,15H2,1-3H3,(H,26,28,29). The molecule has 0 bridgehead atoms. The second kappa shape index (κ2) is 11.0. The van der Waals surface area contributed by atoms with Crippen molar-refractivity contribution in [2.45, 2.75) is 32.7 Å². The smallest absolute Gasteiger partial charge is 0.338 e. The zero-order valence-electron chi connectivity index (χ0n) is 20.4. The Bertz CT molecular complexity index is 1270. The van der Waals surface area contributed by atoms with Crippen LogP contribution in [0.1, 0.15) is 41.7 Å². The molecule has 0 spiro atoms. The van der Waals surface area contributed by atoms with Gasteiger partial charge >= 0.3 is 11.9 Å². The van der Waals surface area contributed by atoms with Gasteiger partial charge in [0.2, 0.25) is 5.95 Å². The molecule has 0 radical (unpaired) electrons. The summed E-state index contributed by atoms with van der Waals surface area (Å²) in [4.78, 5) is 46.0. The van der Waals surface area contributed by atoms with E-state index in [1.165, 1.54) is 14.0 Å². The van der Waals surface area contributed by atoms with Crippen molar-refractivity contribution in [1.29, 1.82) is 0 Å². The van der Waals surface area contributed by atoms with Gasteiger partial charge in [-0.25, -0.2) is 14.8 Å². The summed E-state index contributed by atoms with van der Waals surface area (Å²) in [5.41, 5.74) is 3.27. The number of hydrogen-bond donors (Lipinski definition) is 1. The molecule has 0 saturated carbocycles. The third-order valence-corrected chi connectivity index (χ3v) is 6.01. The number of anilines is 2. The van der Waals surface area contributed by atoms with Gasteiger partial charge in [-0.2, -0.15) is 5.10 Å². The Kier molecular flexibility index (Phi) is 7.57. The molecule has 1 aliphatic heterocycles. The molecule has 11 nitrogen and oxygen atoms in total. The lowest BCUT2D eigenvalue weighted by Gasteiger charge is -2.31. The molecule has 11 heteroatoms. The molecule has 0 aliphatic carbocycles. The summed E-state index contributed by atoms with van der Waals surface area (Å²) < 4.78 is 11.6. The fourth-order valence-electron chi connectivity index (χ4n) is 4.12. The number of aryl methyl sites for hydroxylation is 1. The number of benzene rings is 1. The van der Waals surface area contributed by atoms with Gasteiger partial charge in [0.05, 0.1) is 36.3 Å². The summed E-state index contributed by atoms with van der Waals surface area (Å²) in [7, 11) is 1.35. The quantitative estimate of drug-likeness (QED) is 0.495. The van der Waals surface area contributed by atoms with Crippen LogP contribution in [0.5, 0.6) is 0 Å². The first-order valence-corrected chi connectivity index (χ1v) is 11.6. The molecule has 1 saturated heterocycles. The van der Waals surface area contributed by atoms with Crippen molar-refractivity contribution >= 4 is 29.5 Å². The Morgan fingerprint density at radius 2 is 1.89 bits per heavy atom. The first-order valence-electron chi connectivity index (χ1n) is 11.6. The van der Waals surface area contributed by atoms with Gasteiger partial charge < -0.3 is 19.7 Å². The molecule has 1 N–H and O–H groups in total. The molecule has 0 unspecified atom stereocenters. The zero-order valence-corrected chi connectivity index (χ0v) is 20.4. The highest BCUT2D eigenvalue weighted by molar-refractivity contribution is 5.97. The van der Waals surface area contributed by atoms with Crippen LogP contribution in [-0.4, -0.2) is 69.3 Å². The summed E-state index contributed by atoms with van der Waals surface area (Å²) in [6.45, 7) is 4.08. The van der Waals surface area contributed by atoms with E-state index in [1.807, 2.05) is 29.9 Å². The Balaban J connectivity index is 1.43. The number of nitrogens with zero attached hydrogens (tertiary/aromatic N) is 5. The molecular weight excluding hydrogens is 464 g/mol. The Labute approximate surface area is 208 Å². The molecule has 1 fully saturated rings. The van der Waals surface area contributed by atoms with Crippen LogP contribution in [0.25, 0.3) is 11.3 Å². The van der Waals surface area contributed by atoms with Crippen molar-refractivity contribution in [3.05, 3.63) is 54.0 Å². The summed E-state index contributed by atoms with van der Waals surface area (Å²) >= 11 is 0. The van der Waals surface area contributed by atoms with Crippen LogP contribution in [0.3, 0.4) is 0 Å². The second-order valence-electron chi connectivity index (χ2n) is 8.49. The van der Waals surface area contributed by atoms with Gasteiger partial charge in [-0.05, 0) is 31.4 Å². The SMILES string of the molecule is COC(=O)c1ccccc1-c1nc(Nc2cnn(C3CCN(C(=O)COC(C)=O)CC3)c2)ncc1C. The third-order valence-electron chi connectivity index (χ3n) is 6.01. The van der Waals surface area contributed by atoms with Crippen LogP contribution in [0.15, 0.2) is 42.9 Å². The summed E-state index contributed by atoms with van der Waals surface area (Å²) in [6.07, 6.45) is 6.76. The number of piperidine rings is 1. The number of carbonyl (C=O) groups excluding carboxylic acids is 3. The molecule has 1 aliphatic rings. The second-order valence-corrected chi connectivity index (χ2v) is 8.49. The van der Waals surface area contributed by atoms with Crippen molar-refractivity contribution in [3.8, 4) is 11.3 Å². The van der Waals surface area contributed by atoms with Gasteiger partial charge in [0, 0.05) is 38.0 Å². The molecule has 1 amide bonds. The maximum absolute atomic E-state index is 12.2. The summed E-state index contributed by atoms with van der Waals surface area (Å²) in [6, 6.07) is 7.29. The minimum absolute atomic E-state index is 0.139. The molecule has 4 rings (SSSR count). The molecule has 1 aromatic carbocycles. The number of ether oxygens (including phenoxy) is 2. The zero-order chi connectivity index (χ0) is 25.7. The molecule has 0 atom stereocenters. The topological polar surface area (TPSA) is 129 Å². The van der Waals surface area contributed by atoms with E-state index >= 15 is 0 Å². The third kappa shape index (κ3) is 5.68. The first kappa shape index (κ1) is 24.8. The van der Waals surface area contributed by atoms with E-state index in [2.05, 4.69) is 20.4 Å². The number of aromatic nitrogens is 4. The predicted octanol–water partition coefficient (Wildman–Crippen LogP) is 2.91. The largest absolute Gasteiger partial charge is 0.465 e. The highest BCUT2D eigenvalue weighted by Gasteiger charge is 2.25. The number of nitrogens with one attached hydrogen (secondary N) is 1. The Morgan fingerprint density at radius 3 is 2.61 bits per heavy atom. The van der Waals surface area contributed by atoms with Crippen LogP contribution < -0.4 is 5.32 Å². The van der Waals surface area contributed by atoms with Crippen molar-refractivity contribution in [2.75, 3.05) is 32.1 Å². The van der Waals surface area contributed by atoms with Gasteiger partial charge in [0.25, 0.3) is 5.91 Å². The first-order chi connectivity index (χ1) is 17.4. The van der Waals surface area contributed by atoms with Gasteiger partial charge in [0.1, 0.15) is 0 Å². The lowest BCUT2D eigenvalue weighted by molar-refractivity contribution is -0.150. The van der Waals surface area contributed by atoms with Gasteiger partial charge in [-0.3, -0.25) is 14.3 Å². The van der Waals surface area contributed by atoms with Gasteiger partial charge in [-0.1, -0.05) is 18.2 Å². The number of hydrogen-bond acceptors (Lipinski definition) is 9. The number of rotatable bonds is 7. The number of methoxy groups -OCH3 is 1. The van der Waals surface area contributed by atoms with E-state index in [4.69, 9.17) is 9.47 Å². The highest BCUT2D eigenvalue weighted by Crippen LogP contribution is 2.28. The number of carbonyl (C=O) groups is 3. The lowest BCUT2D eigenvalue weighted by Crippen LogP contribution is -2.41. The van der Waals surface area contributed by atoms with E-state index < -0.39 is 11.9 Å². The highest BCUT2D eigenvalue weighted by atomic mass is 16.5. The van der Waals surface area contributed by atoms with Crippen LogP contribution >= 0.6 is 0 Å². The monoisotopic (exact) mass is 492 g/mol. The van der Waals surface area contributed by atoms with E-state index in [0.29, 0.717) is 35.9 Å². The fourth-order valence-corrected chi connectivity index (χ4v) is 4.12. The minimum atomic E-state index is -0.466. The fraction of sp³-hybridized carbons (Fsp3) is 0.360. The van der Waals surface area contributed by atoms with E-state index in [0.717, 1.165) is 24.1 Å². The molecule has 3 heterocycles. The average Bonchev–Trinajstić information content (AvgIpc) is 3.36. The van der Waals surface area contributed by atoms with Gasteiger partial charge in [0.15, 0.2) is 6.61 Å². The van der Waals surface area contributed by atoms with Crippen molar-refractivity contribution < 1.29 is 23.9 Å². The summed E-state index contributed by atoms with van der Waals surface area (Å²) in [5.74, 6) is -0.709. The average molecular weight is 493 g/mol. The Morgan fingerprint density at radius 1 is 1.14 bits per heavy atom. The predicted molar refractivity (Wildman–Crippen MR) is 131 cm³/mol. The van der Waals surface area contributed by atoms with Crippen LogP contribution in [0, 0.1) is 6.92 Å². The minimum Gasteiger partial charge on any atom is -0.465 e. The molecule has 3 aromatic rings. The van der Waals surface area contributed by atoms with Crippen molar-refractivity contribution in [2.24, 2.45) is 0 Å². The normalized spacial score (nSPS) is 13.8. The van der Waals surface area contributed by atoms with Crippen LogP contribution in [-0.2, 0) is 19.1 Å². The van der Waals surface area contributed by atoms with Gasteiger partial charge in [-0.15, -0.1) is 0 Å². The number of esters is 2. The lowest BCUT2D eigenvalue weighted by atomic mass is 10.0. The maximum Gasteiger partial charge on any atom is 0.338 e. The van der Waals surface area contributed by atoms with Crippen LogP contribution in [0.2, 0.25) is 0 Å². The molecular formula is C25H28N6O5. The van der Waals surface area contributed by atoms with Crippen molar-refractivity contribution in [3.63, 3.8) is 0 Å². The Hall–Kier alpha value is -4.28. The van der Waals surface area contributed by atoms with E-state index in [9.17, 15) is 14.4 Å². The van der Waals surface area contributed by atoms with Crippen molar-refractivity contribution in [1.82, 2.24) is 24.6 Å². The number of likely N-dealkylation sites (tertiary alicyclic amines) is 1. The maximum atomic E-state index is 12.2. The molecule has 36 heavy (non-hydrogen) atoms.